The van der Waals surface area contributed by atoms with E-state index in [9.17, 15) is 9.90 Å². The lowest BCUT2D eigenvalue weighted by molar-refractivity contribution is -0.138. The van der Waals surface area contributed by atoms with Gasteiger partial charge in [-0.15, -0.1) is 0 Å². The molecule has 0 aromatic heterocycles. The first-order chi connectivity index (χ1) is 10.1. The van der Waals surface area contributed by atoms with E-state index in [-0.39, 0.29) is 6.42 Å². The van der Waals surface area contributed by atoms with Crippen LogP contribution in [-0.2, 0) is 4.79 Å². The SMILES string of the molecule is CCCNC(CC(=O)O)C(O)c1ccc2ccccc2c1. The van der Waals surface area contributed by atoms with Crippen molar-refractivity contribution in [2.24, 2.45) is 0 Å². The first-order valence-corrected chi connectivity index (χ1v) is 7.23. The molecule has 112 valence electrons. The van der Waals surface area contributed by atoms with Gasteiger partial charge in [0.1, 0.15) is 0 Å². The van der Waals surface area contributed by atoms with E-state index in [2.05, 4.69) is 5.32 Å². The molecular formula is C17H21NO3. The van der Waals surface area contributed by atoms with Gasteiger partial charge in [-0.1, -0.05) is 43.3 Å². The third-order valence-electron chi connectivity index (χ3n) is 3.55. The maximum atomic E-state index is 11.0. The number of rotatable bonds is 7. The van der Waals surface area contributed by atoms with E-state index in [1.807, 2.05) is 49.4 Å². The van der Waals surface area contributed by atoms with E-state index in [4.69, 9.17) is 5.11 Å². The maximum absolute atomic E-state index is 11.0. The van der Waals surface area contributed by atoms with Crippen LogP contribution in [0.1, 0.15) is 31.4 Å². The van der Waals surface area contributed by atoms with Crippen LogP contribution in [0, 0.1) is 0 Å². The maximum Gasteiger partial charge on any atom is 0.305 e. The van der Waals surface area contributed by atoms with E-state index >= 15 is 0 Å². The molecule has 2 unspecified atom stereocenters. The van der Waals surface area contributed by atoms with Gasteiger partial charge in [-0.05, 0) is 35.4 Å². The van der Waals surface area contributed by atoms with E-state index < -0.39 is 18.1 Å². The summed E-state index contributed by atoms with van der Waals surface area (Å²) < 4.78 is 0. The fraction of sp³-hybridized carbons (Fsp3) is 0.353. The second kappa shape index (κ2) is 7.20. The van der Waals surface area contributed by atoms with Crippen molar-refractivity contribution in [3.05, 3.63) is 48.0 Å². The second-order valence-electron chi connectivity index (χ2n) is 5.21. The predicted molar refractivity (Wildman–Crippen MR) is 83.2 cm³/mol. The predicted octanol–water partition coefficient (Wildman–Crippen LogP) is 2.72. The number of hydrogen-bond acceptors (Lipinski definition) is 3. The van der Waals surface area contributed by atoms with Gasteiger partial charge in [-0.25, -0.2) is 0 Å². The highest BCUT2D eigenvalue weighted by Crippen LogP contribution is 2.23. The van der Waals surface area contributed by atoms with Crippen LogP contribution in [0.4, 0.5) is 0 Å². The largest absolute Gasteiger partial charge is 0.481 e. The van der Waals surface area contributed by atoms with Crippen molar-refractivity contribution in [1.82, 2.24) is 5.32 Å². The lowest BCUT2D eigenvalue weighted by atomic mass is 9.97. The molecule has 2 aromatic rings. The zero-order valence-electron chi connectivity index (χ0n) is 12.1. The van der Waals surface area contributed by atoms with Crippen molar-refractivity contribution in [2.75, 3.05) is 6.54 Å². The number of benzene rings is 2. The average Bonchev–Trinajstić information content (AvgIpc) is 2.50. The molecular weight excluding hydrogens is 266 g/mol. The van der Waals surface area contributed by atoms with Crippen LogP contribution in [0.25, 0.3) is 10.8 Å². The third kappa shape index (κ3) is 4.03. The minimum atomic E-state index is -0.913. The molecule has 4 nitrogen and oxygen atoms in total. The number of aliphatic hydroxyl groups excluding tert-OH is 1. The van der Waals surface area contributed by atoms with E-state index in [0.29, 0.717) is 6.54 Å². The first-order valence-electron chi connectivity index (χ1n) is 7.23. The van der Waals surface area contributed by atoms with Crippen molar-refractivity contribution in [3.8, 4) is 0 Å². The molecule has 0 aliphatic carbocycles. The molecule has 0 heterocycles. The van der Waals surface area contributed by atoms with E-state index in [1.165, 1.54) is 0 Å². The molecule has 0 radical (unpaired) electrons. The van der Waals surface area contributed by atoms with Crippen LogP contribution in [-0.4, -0.2) is 28.8 Å². The average molecular weight is 287 g/mol. The zero-order chi connectivity index (χ0) is 15.2. The number of nitrogens with one attached hydrogen (secondary N) is 1. The molecule has 0 spiro atoms. The van der Waals surface area contributed by atoms with Crippen molar-refractivity contribution < 1.29 is 15.0 Å². The van der Waals surface area contributed by atoms with Gasteiger partial charge in [0.05, 0.1) is 12.5 Å². The van der Waals surface area contributed by atoms with Gasteiger partial charge in [-0.3, -0.25) is 4.79 Å². The summed E-state index contributed by atoms with van der Waals surface area (Å²) in [6, 6.07) is 13.1. The van der Waals surface area contributed by atoms with Crippen LogP contribution in [0.15, 0.2) is 42.5 Å². The quantitative estimate of drug-likeness (QED) is 0.732. The molecule has 2 aromatic carbocycles. The van der Waals surface area contributed by atoms with Crippen LogP contribution < -0.4 is 5.32 Å². The molecule has 0 aliphatic heterocycles. The summed E-state index contributed by atoms with van der Waals surface area (Å²) in [5.74, 6) is -0.913. The molecule has 0 amide bonds. The number of fused-ring (bicyclic) bond motifs is 1. The number of carboxylic acids is 1. The van der Waals surface area contributed by atoms with Crippen LogP contribution in [0.5, 0.6) is 0 Å². The van der Waals surface area contributed by atoms with Gasteiger partial charge >= 0.3 is 5.97 Å². The van der Waals surface area contributed by atoms with Gasteiger partial charge in [0.2, 0.25) is 0 Å². The fourth-order valence-corrected chi connectivity index (χ4v) is 2.44. The van der Waals surface area contributed by atoms with Crippen LogP contribution in [0.3, 0.4) is 0 Å². The van der Waals surface area contributed by atoms with Crippen molar-refractivity contribution >= 4 is 16.7 Å². The minimum Gasteiger partial charge on any atom is -0.481 e. The molecule has 2 rings (SSSR count). The number of hydrogen-bond donors (Lipinski definition) is 3. The van der Waals surface area contributed by atoms with E-state index in [1.54, 1.807) is 0 Å². The molecule has 0 saturated carbocycles. The summed E-state index contributed by atoms with van der Waals surface area (Å²) in [5.41, 5.74) is 0.739. The highest BCUT2D eigenvalue weighted by Gasteiger charge is 2.23. The fourth-order valence-electron chi connectivity index (χ4n) is 2.44. The summed E-state index contributed by atoms with van der Waals surface area (Å²) in [7, 11) is 0. The number of carbonyl (C=O) groups is 1. The Morgan fingerprint density at radius 3 is 2.57 bits per heavy atom. The van der Waals surface area contributed by atoms with E-state index in [0.717, 1.165) is 22.8 Å². The topological polar surface area (TPSA) is 69.6 Å². The lowest BCUT2D eigenvalue weighted by Crippen LogP contribution is -2.37. The summed E-state index contributed by atoms with van der Waals surface area (Å²) in [4.78, 5) is 11.0. The summed E-state index contributed by atoms with van der Waals surface area (Å²) in [5, 5.41) is 24.7. The lowest BCUT2D eigenvalue weighted by Gasteiger charge is -2.23. The Hall–Kier alpha value is -1.91. The molecule has 0 aliphatic rings. The minimum absolute atomic E-state index is 0.103. The standard InChI is InChI=1S/C17H21NO3/c1-2-9-18-15(11-16(19)20)17(21)14-8-7-12-5-3-4-6-13(12)10-14/h3-8,10,15,17-18,21H,2,9,11H2,1H3,(H,19,20). The van der Waals surface area contributed by atoms with Crippen molar-refractivity contribution in [2.45, 2.75) is 31.9 Å². The summed E-state index contributed by atoms with van der Waals surface area (Å²) in [6.45, 7) is 2.69. The highest BCUT2D eigenvalue weighted by atomic mass is 16.4. The van der Waals surface area contributed by atoms with Gasteiger partial charge in [-0.2, -0.15) is 0 Å². The van der Waals surface area contributed by atoms with Crippen LogP contribution in [0.2, 0.25) is 0 Å². The smallest absolute Gasteiger partial charge is 0.305 e. The number of aliphatic hydroxyl groups is 1. The molecule has 0 bridgehead atoms. The Morgan fingerprint density at radius 1 is 1.19 bits per heavy atom. The highest BCUT2D eigenvalue weighted by molar-refractivity contribution is 5.83. The Balaban J connectivity index is 2.23. The van der Waals surface area contributed by atoms with Gasteiger partial charge in [0.15, 0.2) is 0 Å². The number of carboxylic acid groups (broad SMARTS) is 1. The Labute approximate surface area is 124 Å². The number of aliphatic carboxylic acids is 1. The van der Waals surface area contributed by atoms with Gasteiger partial charge in [0.25, 0.3) is 0 Å². The third-order valence-corrected chi connectivity index (χ3v) is 3.55. The second-order valence-corrected chi connectivity index (χ2v) is 5.21. The zero-order valence-corrected chi connectivity index (χ0v) is 12.1. The molecule has 4 heteroatoms. The van der Waals surface area contributed by atoms with Crippen molar-refractivity contribution in [1.29, 1.82) is 0 Å². The normalized spacial score (nSPS) is 14.0. The van der Waals surface area contributed by atoms with Crippen molar-refractivity contribution in [3.63, 3.8) is 0 Å². The summed E-state index contributed by atoms with van der Waals surface area (Å²) in [6.07, 6.45) is -0.0496. The Morgan fingerprint density at radius 2 is 1.90 bits per heavy atom. The Bertz CT molecular complexity index is 612. The molecule has 21 heavy (non-hydrogen) atoms. The monoisotopic (exact) mass is 287 g/mol. The van der Waals surface area contributed by atoms with Gasteiger partial charge in [0, 0.05) is 6.04 Å². The first kappa shape index (κ1) is 15.5. The molecule has 2 atom stereocenters. The van der Waals surface area contributed by atoms with Gasteiger partial charge < -0.3 is 15.5 Å². The molecule has 0 saturated heterocycles. The Kier molecular flexibility index (Phi) is 5.31. The summed E-state index contributed by atoms with van der Waals surface area (Å²) >= 11 is 0. The molecule has 0 fully saturated rings. The molecule has 3 N–H and O–H groups in total. The van der Waals surface area contributed by atoms with Crippen LogP contribution >= 0.6 is 0 Å².